The van der Waals surface area contributed by atoms with Gasteiger partial charge in [-0.05, 0) is 30.5 Å². The fourth-order valence-electron chi connectivity index (χ4n) is 1.29. The molecule has 1 unspecified atom stereocenters. The van der Waals surface area contributed by atoms with E-state index >= 15 is 0 Å². The van der Waals surface area contributed by atoms with Crippen LogP contribution in [-0.4, -0.2) is 25.3 Å². The van der Waals surface area contributed by atoms with Crippen molar-refractivity contribution in [3.05, 3.63) is 35.4 Å². The average molecular weight is 248 g/mol. The Morgan fingerprint density at radius 2 is 1.89 bits per heavy atom. The van der Waals surface area contributed by atoms with Crippen molar-refractivity contribution in [1.29, 1.82) is 0 Å². The Bertz CT molecular complexity index is 410. The average Bonchev–Trinajstić information content (AvgIpc) is 2.36. The fourth-order valence-corrected chi connectivity index (χ4v) is 1.29. The molecule has 1 N–H and O–H groups in total. The van der Waals surface area contributed by atoms with Gasteiger partial charge in [-0.15, -0.1) is 0 Å². The van der Waals surface area contributed by atoms with Crippen molar-refractivity contribution in [2.24, 2.45) is 11.1 Å². The zero-order chi connectivity index (χ0) is 13.5. The standard InChI is InChI=1S/C14H20N2O2/c1-10(2)11(3)16-14(17)13-7-5-12(6-8-13)9-15-18-4/h5-11H,1-4H3,(H,16,17)/b15-9+. The van der Waals surface area contributed by atoms with Gasteiger partial charge in [0, 0.05) is 11.6 Å². The SMILES string of the molecule is CO/N=C/c1ccc(C(=O)NC(C)C(C)C)cc1. The molecule has 0 saturated heterocycles. The normalized spacial score (nSPS) is 12.7. The molecule has 0 aliphatic heterocycles. The number of benzene rings is 1. The number of carbonyl (C=O) groups is 1. The quantitative estimate of drug-likeness (QED) is 0.642. The van der Waals surface area contributed by atoms with Gasteiger partial charge in [0.1, 0.15) is 7.11 Å². The lowest BCUT2D eigenvalue weighted by Gasteiger charge is -2.17. The van der Waals surface area contributed by atoms with Gasteiger partial charge in [-0.3, -0.25) is 4.79 Å². The maximum Gasteiger partial charge on any atom is 0.251 e. The smallest absolute Gasteiger partial charge is 0.251 e. The molecule has 18 heavy (non-hydrogen) atoms. The Labute approximate surface area is 108 Å². The minimum absolute atomic E-state index is 0.0496. The first-order valence-corrected chi connectivity index (χ1v) is 6.02. The molecule has 0 bridgehead atoms. The van der Waals surface area contributed by atoms with E-state index in [0.29, 0.717) is 11.5 Å². The van der Waals surface area contributed by atoms with Crippen LogP contribution < -0.4 is 5.32 Å². The predicted octanol–water partition coefficient (Wildman–Crippen LogP) is 2.44. The molecule has 0 spiro atoms. The lowest BCUT2D eigenvalue weighted by molar-refractivity contribution is 0.0930. The molecule has 98 valence electrons. The fraction of sp³-hybridized carbons (Fsp3) is 0.429. The molecule has 0 aliphatic rings. The second-order valence-electron chi connectivity index (χ2n) is 4.55. The molecule has 1 aromatic carbocycles. The molecule has 0 aliphatic carbocycles. The molecule has 0 radical (unpaired) electrons. The van der Waals surface area contributed by atoms with Crippen molar-refractivity contribution < 1.29 is 9.63 Å². The minimum atomic E-state index is -0.0496. The van der Waals surface area contributed by atoms with Gasteiger partial charge in [-0.2, -0.15) is 0 Å². The Morgan fingerprint density at radius 1 is 1.28 bits per heavy atom. The molecule has 1 aromatic rings. The summed E-state index contributed by atoms with van der Waals surface area (Å²) in [7, 11) is 1.49. The molecule has 1 atom stereocenters. The minimum Gasteiger partial charge on any atom is -0.399 e. The summed E-state index contributed by atoms with van der Waals surface area (Å²) in [6.07, 6.45) is 1.60. The summed E-state index contributed by atoms with van der Waals surface area (Å²) in [5.41, 5.74) is 1.54. The Kier molecular flexibility index (Phi) is 5.36. The lowest BCUT2D eigenvalue weighted by atomic mass is 10.1. The van der Waals surface area contributed by atoms with E-state index in [1.54, 1.807) is 18.3 Å². The molecule has 1 amide bonds. The lowest BCUT2D eigenvalue weighted by Crippen LogP contribution is -2.36. The monoisotopic (exact) mass is 248 g/mol. The number of hydrogen-bond acceptors (Lipinski definition) is 3. The van der Waals surface area contributed by atoms with Crippen LogP contribution in [0.4, 0.5) is 0 Å². The van der Waals surface area contributed by atoms with E-state index in [1.165, 1.54) is 7.11 Å². The van der Waals surface area contributed by atoms with Crippen molar-refractivity contribution in [2.45, 2.75) is 26.8 Å². The highest BCUT2D eigenvalue weighted by atomic mass is 16.6. The first-order valence-electron chi connectivity index (χ1n) is 6.02. The highest BCUT2D eigenvalue weighted by Crippen LogP contribution is 2.05. The van der Waals surface area contributed by atoms with E-state index in [9.17, 15) is 4.79 Å². The van der Waals surface area contributed by atoms with Gasteiger partial charge in [0.2, 0.25) is 0 Å². The van der Waals surface area contributed by atoms with Crippen LogP contribution in [0.15, 0.2) is 29.4 Å². The van der Waals surface area contributed by atoms with Gasteiger partial charge in [0.05, 0.1) is 6.21 Å². The van der Waals surface area contributed by atoms with Crippen LogP contribution in [0.3, 0.4) is 0 Å². The molecule has 0 fully saturated rings. The number of nitrogens with zero attached hydrogens (tertiary/aromatic N) is 1. The van der Waals surface area contributed by atoms with Crippen molar-refractivity contribution in [3.8, 4) is 0 Å². The number of carbonyl (C=O) groups excluding carboxylic acids is 1. The van der Waals surface area contributed by atoms with Crippen LogP contribution in [0.5, 0.6) is 0 Å². The van der Waals surface area contributed by atoms with Crippen LogP contribution in [0.1, 0.15) is 36.7 Å². The second-order valence-corrected chi connectivity index (χ2v) is 4.55. The summed E-state index contributed by atoms with van der Waals surface area (Å²) in [4.78, 5) is 16.5. The van der Waals surface area contributed by atoms with E-state index < -0.39 is 0 Å². The van der Waals surface area contributed by atoms with Crippen LogP contribution in [0.25, 0.3) is 0 Å². The van der Waals surface area contributed by atoms with E-state index in [-0.39, 0.29) is 11.9 Å². The summed E-state index contributed by atoms with van der Waals surface area (Å²) in [5.74, 6) is 0.369. The van der Waals surface area contributed by atoms with Crippen molar-refractivity contribution in [1.82, 2.24) is 5.32 Å². The van der Waals surface area contributed by atoms with Crippen LogP contribution in [-0.2, 0) is 4.84 Å². The van der Waals surface area contributed by atoms with Crippen LogP contribution in [0.2, 0.25) is 0 Å². The topological polar surface area (TPSA) is 50.7 Å². The molecule has 4 heteroatoms. The highest BCUT2D eigenvalue weighted by Gasteiger charge is 2.11. The molecule has 0 saturated carbocycles. The van der Waals surface area contributed by atoms with Crippen molar-refractivity contribution in [2.75, 3.05) is 7.11 Å². The number of amides is 1. The summed E-state index contributed by atoms with van der Waals surface area (Å²) in [5, 5.41) is 6.62. The maximum atomic E-state index is 11.9. The maximum absolute atomic E-state index is 11.9. The summed E-state index contributed by atoms with van der Waals surface area (Å²) in [6.45, 7) is 6.16. The Morgan fingerprint density at radius 3 is 2.39 bits per heavy atom. The van der Waals surface area contributed by atoms with E-state index in [2.05, 4.69) is 29.2 Å². The number of hydrogen-bond donors (Lipinski definition) is 1. The second kappa shape index (κ2) is 6.79. The largest absolute Gasteiger partial charge is 0.399 e. The number of rotatable bonds is 5. The number of oxime groups is 1. The van der Waals surface area contributed by atoms with Crippen molar-refractivity contribution >= 4 is 12.1 Å². The summed E-state index contributed by atoms with van der Waals surface area (Å²) < 4.78 is 0. The molecule has 0 aromatic heterocycles. The molecule has 1 rings (SSSR count). The van der Waals surface area contributed by atoms with Gasteiger partial charge in [0.15, 0.2) is 0 Å². The third kappa shape index (κ3) is 4.20. The molecular formula is C14H20N2O2. The molecule has 4 nitrogen and oxygen atoms in total. The van der Waals surface area contributed by atoms with Crippen LogP contribution in [0, 0.1) is 5.92 Å². The van der Waals surface area contributed by atoms with Gasteiger partial charge in [-0.25, -0.2) is 0 Å². The van der Waals surface area contributed by atoms with E-state index in [0.717, 1.165) is 5.56 Å². The van der Waals surface area contributed by atoms with E-state index in [4.69, 9.17) is 0 Å². The highest BCUT2D eigenvalue weighted by molar-refractivity contribution is 5.95. The number of nitrogens with one attached hydrogen (secondary N) is 1. The summed E-state index contributed by atoms with van der Waals surface area (Å²) in [6, 6.07) is 7.38. The van der Waals surface area contributed by atoms with Gasteiger partial charge >= 0.3 is 0 Å². The van der Waals surface area contributed by atoms with Gasteiger partial charge in [0.25, 0.3) is 5.91 Å². The first kappa shape index (κ1) is 14.2. The van der Waals surface area contributed by atoms with Crippen LogP contribution >= 0.6 is 0 Å². The first-order chi connectivity index (χ1) is 8.54. The Balaban J connectivity index is 2.67. The molecule has 0 heterocycles. The van der Waals surface area contributed by atoms with Gasteiger partial charge in [-0.1, -0.05) is 31.1 Å². The zero-order valence-electron chi connectivity index (χ0n) is 11.3. The molecular weight excluding hydrogens is 228 g/mol. The summed E-state index contributed by atoms with van der Waals surface area (Å²) >= 11 is 0. The third-order valence-electron chi connectivity index (χ3n) is 2.84. The Hall–Kier alpha value is -1.84. The zero-order valence-corrected chi connectivity index (χ0v) is 11.3. The van der Waals surface area contributed by atoms with Gasteiger partial charge < -0.3 is 10.2 Å². The predicted molar refractivity (Wildman–Crippen MR) is 72.8 cm³/mol. The van der Waals surface area contributed by atoms with E-state index in [1.807, 2.05) is 19.1 Å². The van der Waals surface area contributed by atoms with Crippen molar-refractivity contribution in [3.63, 3.8) is 0 Å². The third-order valence-corrected chi connectivity index (χ3v) is 2.84.